The maximum atomic E-state index is 8.42. The van der Waals surface area contributed by atoms with Gasteiger partial charge in [-0.3, -0.25) is 0 Å². The molecule has 58 valence electrons. The monoisotopic (exact) mass is 150 g/mol. The lowest BCUT2D eigenvalue weighted by molar-refractivity contribution is 0.453. The van der Waals surface area contributed by atoms with Crippen molar-refractivity contribution in [2.75, 3.05) is 0 Å². The molecule has 0 aliphatic carbocycles. The Morgan fingerprint density at radius 2 is 2.00 bits per heavy atom. The normalized spacial score (nSPS) is 9.27. The van der Waals surface area contributed by atoms with Gasteiger partial charge >= 0.3 is 7.69 Å². The zero-order valence-corrected chi connectivity index (χ0v) is 6.58. The van der Waals surface area contributed by atoms with Crippen LogP contribution in [0.25, 0.3) is 0 Å². The molecular formula is C8H11BO2. The Labute approximate surface area is 67.1 Å². The van der Waals surface area contributed by atoms with Crippen LogP contribution in [-0.2, 0) is 6.42 Å². The highest BCUT2D eigenvalue weighted by molar-refractivity contribution is 6.17. The highest BCUT2D eigenvalue weighted by Gasteiger charge is 1.92. The summed E-state index contributed by atoms with van der Waals surface area (Å²) < 4.78 is 4.86. The van der Waals surface area contributed by atoms with Gasteiger partial charge in [0.2, 0.25) is 0 Å². The van der Waals surface area contributed by atoms with Crippen LogP contribution in [0.2, 0.25) is 0 Å². The summed E-state index contributed by atoms with van der Waals surface area (Å²) in [5.74, 6) is 0.713. The Balaban J connectivity index is 2.66. The molecule has 11 heavy (non-hydrogen) atoms. The predicted octanol–water partition coefficient (Wildman–Crippen LogP) is 0.887. The van der Waals surface area contributed by atoms with Gasteiger partial charge in [0.15, 0.2) is 0 Å². The fourth-order valence-corrected chi connectivity index (χ4v) is 0.896. The molecule has 0 fully saturated rings. The van der Waals surface area contributed by atoms with Crippen molar-refractivity contribution in [1.82, 2.24) is 0 Å². The first-order valence-electron chi connectivity index (χ1n) is 3.69. The van der Waals surface area contributed by atoms with Gasteiger partial charge in [-0.15, -0.1) is 0 Å². The number of hydrogen-bond acceptors (Lipinski definition) is 2. The smallest absolute Gasteiger partial charge is 0.504 e. The fourth-order valence-electron chi connectivity index (χ4n) is 0.896. The highest BCUT2D eigenvalue weighted by atomic mass is 16.5. The molecule has 2 nitrogen and oxygen atoms in total. The van der Waals surface area contributed by atoms with Crippen molar-refractivity contribution in [1.29, 1.82) is 0 Å². The number of benzene rings is 1. The Kier molecular flexibility index (Phi) is 2.99. The highest BCUT2D eigenvalue weighted by Crippen LogP contribution is 2.11. The molecule has 0 amide bonds. The van der Waals surface area contributed by atoms with E-state index in [0.717, 1.165) is 6.42 Å². The summed E-state index contributed by atoms with van der Waals surface area (Å²) in [7, 11) is -0.258. The van der Waals surface area contributed by atoms with Crippen LogP contribution in [0.1, 0.15) is 12.5 Å². The van der Waals surface area contributed by atoms with Crippen molar-refractivity contribution in [3.63, 3.8) is 0 Å². The lowest BCUT2D eigenvalue weighted by atomic mass is 10.2. The first-order chi connectivity index (χ1) is 5.36. The lowest BCUT2D eigenvalue weighted by Crippen LogP contribution is -1.99. The summed E-state index contributed by atoms with van der Waals surface area (Å²) in [6.45, 7) is 2.10. The Morgan fingerprint density at radius 1 is 1.36 bits per heavy atom. The Bertz CT molecular complexity index is 208. The molecule has 3 heteroatoms. The maximum absolute atomic E-state index is 8.42. The summed E-state index contributed by atoms with van der Waals surface area (Å²) >= 11 is 0. The Morgan fingerprint density at radius 3 is 2.45 bits per heavy atom. The molecule has 0 saturated carbocycles. The SMILES string of the molecule is CCc1ccc(OBO)cc1. The summed E-state index contributed by atoms with van der Waals surface area (Å²) in [6, 6.07) is 7.69. The van der Waals surface area contributed by atoms with E-state index < -0.39 is 0 Å². The second-order valence-electron chi connectivity index (χ2n) is 2.27. The van der Waals surface area contributed by atoms with E-state index >= 15 is 0 Å². The van der Waals surface area contributed by atoms with Crippen LogP contribution in [0, 0.1) is 0 Å². The standard InChI is InChI=1S/C8H11BO2/c1-2-7-3-5-8(6-4-7)11-9-10/h3-6,9-10H,2H2,1H3. The second-order valence-corrected chi connectivity index (χ2v) is 2.27. The van der Waals surface area contributed by atoms with Gasteiger partial charge in [0.25, 0.3) is 0 Å². The van der Waals surface area contributed by atoms with Crippen LogP contribution in [0.5, 0.6) is 5.75 Å². The molecule has 0 saturated heterocycles. The van der Waals surface area contributed by atoms with E-state index in [1.54, 1.807) is 0 Å². The molecule has 0 heterocycles. The number of hydrogen-bond donors (Lipinski definition) is 1. The molecule has 0 aromatic heterocycles. The summed E-state index contributed by atoms with van der Waals surface area (Å²) in [4.78, 5) is 0. The maximum Gasteiger partial charge on any atom is 0.504 e. The second kappa shape index (κ2) is 4.03. The average Bonchev–Trinajstić information content (AvgIpc) is 2.07. The summed E-state index contributed by atoms with van der Waals surface area (Å²) in [5.41, 5.74) is 1.27. The van der Waals surface area contributed by atoms with E-state index in [2.05, 4.69) is 6.92 Å². The third-order valence-electron chi connectivity index (χ3n) is 1.56. The molecule has 0 spiro atoms. The van der Waals surface area contributed by atoms with Crippen molar-refractivity contribution >= 4 is 7.69 Å². The minimum Gasteiger partial charge on any atom is -0.539 e. The van der Waals surface area contributed by atoms with E-state index in [4.69, 9.17) is 9.68 Å². The average molecular weight is 150 g/mol. The van der Waals surface area contributed by atoms with Gasteiger partial charge in [0.05, 0.1) is 0 Å². The van der Waals surface area contributed by atoms with Crippen LogP contribution in [0.15, 0.2) is 24.3 Å². The number of rotatable bonds is 3. The van der Waals surface area contributed by atoms with Crippen LogP contribution >= 0.6 is 0 Å². The first-order valence-corrected chi connectivity index (χ1v) is 3.69. The quantitative estimate of drug-likeness (QED) is 0.648. The largest absolute Gasteiger partial charge is 0.539 e. The van der Waals surface area contributed by atoms with Gasteiger partial charge in [0.1, 0.15) is 5.75 Å². The first kappa shape index (κ1) is 8.14. The lowest BCUT2D eigenvalue weighted by Gasteiger charge is -2.01. The predicted molar refractivity (Wildman–Crippen MR) is 45.8 cm³/mol. The molecule has 0 atom stereocenters. The van der Waals surface area contributed by atoms with Crippen molar-refractivity contribution in [2.24, 2.45) is 0 Å². The van der Waals surface area contributed by atoms with E-state index in [1.165, 1.54) is 5.56 Å². The van der Waals surface area contributed by atoms with Crippen LogP contribution < -0.4 is 4.65 Å². The van der Waals surface area contributed by atoms with Gasteiger partial charge < -0.3 is 9.68 Å². The molecule has 1 aromatic carbocycles. The summed E-state index contributed by atoms with van der Waals surface area (Å²) in [5, 5.41) is 8.42. The van der Waals surface area contributed by atoms with Crippen molar-refractivity contribution < 1.29 is 9.68 Å². The van der Waals surface area contributed by atoms with Crippen LogP contribution in [-0.4, -0.2) is 12.7 Å². The minimum absolute atomic E-state index is 0.258. The third kappa shape index (κ3) is 2.28. The fraction of sp³-hybridized carbons (Fsp3) is 0.250. The van der Waals surface area contributed by atoms with Crippen LogP contribution in [0.3, 0.4) is 0 Å². The van der Waals surface area contributed by atoms with E-state index in [9.17, 15) is 0 Å². The van der Waals surface area contributed by atoms with Gasteiger partial charge in [-0.05, 0) is 24.1 Å². The zero-order chi connectivity index (χ0) is 8.10. The molecule has 1 aromatic rings. The summed E-state index contributed by atoms with van der Waals surface area (Å²) in [6.07, 6.45) is 1.03. The molecule has 0 aliphatic rings. The minimum atomic E-state index is -0.258. The molecule has 0 unspecified atom stereocenters. The van der Waals surface area contributed by atoms with Crippen molar-refractivity contribution in [3.05, 3.63) is 29.8 Å². The van der Waals surface area contributed by atoms with Crippen LogP contribution in [0.4, 0.5) is 0 Å². The molecule has 1 N–H and O–H groups in total. The topological polar surface area (TPSA) is 29.5 Å². The Hall–Kier alpha value is -0.955. The van der Waals surface area contributed by atoms with Crippen molar-refractivity contribution in [3.8, 4) is 5.75 Å². The van der Waals surface area contributed by atoms with E-state index in [-0.39, 0.29) is 7.69 Å². The van der Waals surface area contributed by atoms with E-state index in [1.807, 2.05) is 24.3 Å². The third-order valence-corrected chi connectivity index (χ3v) is 1.56. The molecule has 0 radical (unpaired) electrons. The molecular weight excluding hydrogens is 139 g/mol. The molecule has 0 bridgehead atoms. The molecule has 1 rings (SSSR count). The molecule has 0 aliphatic heterocycles. The zero-order valence-electron chi connectivity index (χ0n) is 6.58. The van der Waals surface area contributed by atoms with Crippen molar-refractivity contribution in [2.45, 2.75) is 13.3 Å². The van der Waals surface area contributed by atoms with Gasteiger partial charge in [-0.1, -0.05) is 19.1 Å². The van der Waals surface area contributed by atoms with Gasteiger partial charge in [-0.25, -0.2) is 0 Å². The van der Waals surface area contributed by atoms with E-state index in [0.29, 0.717) is 5.75 Å². The number of aryl methyl sites for hydroxylation is 1. The van der Waals surface area contributed by atoms with Gasteiger partial charge in [-0.2, -0.15) is 0 Å². The van der Waals surface area contributed by atoms with Gasteiger partial charge in [0, 0.05) is 0 Å².